The molecule has 0 aliphatic rings. The van der Waals surface area contributed by atoms with E-state index in [1.165, 1.54) is 0 Å². The van der Waals surface area contributed by atoms with Crippen molar-refractivity contribution in [3.63, 3.8) is 0 Å². The van der Waals surface area contributed by atoms with Gasteiger partial charge in [-0.05, 0) is 24.1 Å². The molecule has 0 saturated heterocycles. The van der Waals surface area contributed by atoms with Crippen LogP contribution < -0.4 is 5.73 Å². The lowest BCUT2D eigenvalue weighted by Crippen LogP contribution is -2.22. The van der Waals surface area contributed by atoms with Crippen molar-refractivity contribution in [2.45, 2.75) is 13.0 Å². The zero-order valence-electron chi connectivity index (χ0n) is 9.63. The fraction of sp³-hybridized carbons (Fsp3) is 0.143. The Bertz CT molecular complexity index is 523. The molecule has 1 aromatic carbocycles. The summed E-state index contributed by atoms with van der Waals surface area (Å²) in [4.78, 5) is 16.2. The van der Waals surface area contributed by atoms with Gasteiger partial charge < -0.3 is 5.73 Å². The molecule has 2 rings (SSSR count). The summed E-state index contributed by atoms with van der Waals surface area (Å²) >= 11 is 0. The number of aryl methyl sites for hydroxylation is 1. The Hall–Kier alpha value is -2.00. The second-order valence-electron chi connectivity index (χ2n) is 3.94. The van der Waals surface area contributed by atoms with Gasteiger partial charge in [0.2, 0.25) is 0 Å². The van der Waals surface area contributed by atoms with Crippen LogP contribution >= 0.6 is 0 Å². The lowest BCUT2D eigenvalue weighted by atomic mass is 9.97. The van der Waals surface area contributed by atoms with Crippen LogP contribution in [0.1, 0.15) is 27.5 Å². The molecule has 1 aromatic heterocycles. The number of ketones is 1. The number of hydrogen-bond donors (Lipinski definition) is 1. The van der Waals surface area contributed by atoms with E-state index in [-0.39, 0.29) is 5.78 Å². The van der Waals surface area contributed by atoms with Crippen LogP contribution in [0.15, 0.2) is 48.8 Å². The second kappa shape index (κ2) is 4.89. The molecule has 0 aliphatic carbocycles. The first-order chi connectivity index (χ1) is 8.20. The minimum Gasteiger partial charge on any atom is -0.318 e. The molecule has 0 fully saturated rings. The van der Waals surface area contributed by atoms with Gasteiger partial charge in [0.1, 0.15) is 0 Å². The number of rotatable bonds is 3. The standard InChI is InChI=1S/C14H14N2O/c1-10-7-8-16-9-12(10)14(17)13(15)11-5-3-2-4-6-11/h2-9,13H,15H2,1H3. The molecule has 17 heavy (non-hydrogen) atoms. The fourth-order valence-electron chi connectivity index (χ4n) is 1.70. The van der Waals surface area contributed by atoms with Crippen molar-refractivity contribution in [3.05, 3.63) is 65.5 Å². The molecule has 0 aliphatic heterocycles. The molecule has 0 bridgehead atoms. The number of nitrogens with two attached hydrogens (primary N) is 1. The summed E-state index contributed by atoms with van der Waals surface area (Å²) in [5, 5.41) is 0. The van der Waals surface area contributed by atoms with Gasteiger partial charge in [-0.1, -0.05) is 30.3 Å². The summed E-state index contributed by atoms with van der Waals surface area (Å²) in [6, 6.07) is 10.5. The van der Waals surface area contributed by atoms with Crippen molar-refractivity contribution in [2.24, 2.45) is 5.73 Å². The Morgan fingerprint density at radius 3 is 2.59 bits per heavy atom. The smallest absolute Gasteiger partial charge is 0.185 e. The van der Waals surface area contributed by atoms with Crippen molar-refractivity contribution in [2.75, 3.05) is 0 Å². The van der Waals surface area contributed by atoms with Crippen LogP contribution in [0, 0.1) is 6.92 Å². The van der Waals surface area contributed by atoms with Crippen molar-refractivity contribution in [1.29, 1.82) is 0 Å². The third-order valence-corrected chi connectivity index (χ3v) is 2.75. The van der Waals surface area contributed by atoms with E-state index >= 15 is 0 Å². The first-order valence-corrected chi connectivity index (χ1v) is 5.45. The first-order valence-electron chi connectivity index (χ1n) is 5.45. The normalized spacial score (nSPS) is 12.1. The molecule has 86 valence electrons. The molecule has 1 atom stereocenters. The zero-order chi connectivity index (χ0) is 12.3. The summed E-state index contributed by atoms with van der Waals surface area (Å²) in [6.07, 6.45) is 3.24. The predicted molar refractivity (Wildman–Crippen MR) is 66.7 cm³/mol. The number of benzene rings is 1. The van der Waals surface area contributed by atoms with Crippen molar-refractivity contribution >= 4 is 5.78 Å². The van der Waals surface area contributed by atoms with Gasteiger partial charge in [0.05, 0.1) is 6.04 Å². The van der Waals surface area contributed by atoms with Gasteiger partial charge in [0.15, 0.2) is 5.78 Å². The third-order valence-electron chi connectivity index (χ3n) is 2.75. The van der Waals surface area contributed by atoms with E-state index in [4.69, 9.17) is 5.73 Å². The molecule has 0 saturated carbocycles. The molecule has 2 aromatic rings. The van der Waals surface area contributed by atoms with Crippen molar-refractivity contribution in [1.82, 2.24) is 4.98 Å². The Balaban J connectivity index is 2.30. The van der Waals surface area contributed by atoms with Crippen LogP contribution in [0.2, 0.25) is 0 Å². The van der Waals surface area contributed by atoms with Gasteiger partial charge in [0, 0.05) is 18.0 Å². The average Bonchev–Trinajstić information content (AvgIpc) is 2.39. The van der Waals surface area contributed by atoms with Crippen LogP contribution in [-0.2, 0) is 0 Å². The molecule has 0 radical (unpaired) electrons. The lowest BCUT2D eigenvalue weighted by Gasteiger charge is -2.12. The molecule has 1 heterocycles. The van der Waals surface area contributed by atoms with Gasteiger partial charge >= 0.3 is 0 Å². The number of carbonyl (C=O) groups is 1. The van der Waals surface area contributed by atoms with Gasteiger partial charge in [0.25, 0.3) is 0 Å². The fourth-order valence-corrected chi connectivity index (χ4v) is 1.70. The van der Waals surface area contributed by atoms with E-state index in [9.17, 15) is 4.79 Å². The van der Waals surface area contributed by atoms with Gasteiger partial charge in [-0.3, -0.25) is 9.78 Å². The molecule has 0 amide bonds. The highest BCUT2D eigenvalue weighted by Gasteiger charge is 2.18. The monoisotopic (exact) mass is 226 g/mol. The number of pyridine rings is 1. The zero-order valence-corrected chi connectivity index (χ0v) is 9.63. The molecule has 3 nitrogen and oxygen atoms in total. The quantitative estimate of drug-likeness (QED) is 0.817. The Morgan fingerprint density at radius 1 is 1.24 bits per heavy atom. The van der Waals surface area contributed by atoms with E-state index in [2.05, 4.69) is 4.98 Å². The van der Waals surface area contributed by atoms with Crippen LogP contribution in [0.25, 0.3) is 0 Å². The summed E-state index contributed by atoms with van der Waals surface area (Å²) in [5.41, 5.74) is 8.27. The van der Waals surface area contributed by atoms with Crippen LogP contribution in [0.4, 0.5) is 0 Å². The third kappa shape index (κ3) is 2.40. The maximum absolute atomic E-state index is 12.2. The molecule has 1 unspecified atom stereocenters. The van der Waals surface area contributed by atoms with Gasteiger partial charge in [-0.25, -0.2) is 0 Å². The van der Waals surface area contributed by atoms with Crippen LogP contribution in [0.5, 0.6) is 0 Å². The number of hydrogen-bond acceptors (Lipinski definition) is 3. The number of carbonyl (C=O) groups excluding carboxylic acids is 1. The van der Waals surface area contributed by atoms with Gasteiger partial charge in [-0.15, -0.1) is 0 Å². The van der Waals surface area contributed by atoms with E-state index in [0.717, 1.165) is 11.1 Å². The highest BCUT2D eigenvalue weighted by molar-refractivity contribution is 6.01. The molecular weight excluding hydrogens is 212 g/mol. The molecular formula is C14H14N2O. The first kappa shape index (κ1) is 11.5. The highest BCUT2D eigenvalue weighted by Crippen LogP contribution is 2.17. The number of aromatic nitrogens is 1. The van der Waals surface area contributed by atoms with E-state index in [1.54, 1.807) is 12.4 Å². The SMILES string of the molecule is Cc1ccncc1C(=O)C(N)c1ccccc1. The number of Topliss-reactive ketones (excluding diaryl/α,β-unsaturated/α-hetero) is 1. The Kier molecular flexibility index (Phi) is 3.30. The molecule has 0 spiro atoms. The second-order valence-corrected chi connectivity index (χ2v) is 3.94. The van der Waals surface area contributed by atoms with E-state index in [1.807, 2.05) is 43.3 Å². The van der Waals surface area contributed by atoms with Gasteiger partial charge in [-0.2, -0.15) is 0 Å². The molecule has 2 N–H and O–H groups in total. The number of nitrogens with zero attached hydrogens (tertiary/aromatic N) is 1. The largest absolute Gasteiger partial charge is 0.318 e. The topological polar surface area (TPSA) is 56.0 Å². The molecule has 3 heteroatoms. The Morgan fingerprint density at radius 2 is 1.94 bits per heavy atom. The summed E-state index contributed by atoms with van der Waals surface area (Å²) in [7, 11) is 0. The summed E-state index contributed by atoms with van der Waals surface area (Å²) in [5.74, 6) is -0.0956. The predicted octanol–water partition coefficient (Wildman–Crippen LogP) is 2.27. The summed E-state index contributed by atoms with van der Waals surface area (Å²) in [6.45, 7) is 1.88. The highest BCUT2D eigenvalue weighted by atomic mass is 16.1. The van der Waals surface area contributed by atoms with Crippen molar-refractivity contribution < 1.29 is 4.79 Å². The maximum atomic E-state index is 12.2. The minimum atomic E-state index is -0.626. The van der Waals surface area contributed by atoms with Crippen molar-refractivity contribution in [3.8, 4) is 0 Å². The maximum Gasteiger partial charge on any atom is 0.185 e. The lowest BCUT2D eigenvalue weighted by molar-refractivity contribution is 0.0960. The minimum absolute atomic E-state index is 0.0956. The summed E-state index contributed by atoms with van der Waals surface area (Å²) < 4.78 is 0. The Labute approximate surface area is 100 Å². The van der Waals surface area contributed by atoms with E-state index in [0.29, 0.717) is 5.56 Å². The van der Waals surface area contributed by atoms with Crippen LogP contribution in [-0.4, -0.2) is 10.8 Å². The van der Waals surface area contributed by atoms with E-state index < -0.39 is 6.04 Å². The average molecular weight is 226 g/mol. The van der Waals surface area contributed by atoms with Crippen LogP contribution in [0.3, 0.4) is 0 Å².